The van der Waals surface area contributed by atoms with Gasteiger partial charge in [-0.25, -0.2) is 0 Å². The molecule has 126 valence electrons. The van der Waals surface area contributed by atoms with E-state index in [-0.39, 0.29) is 23.5 Å². The molecule has 1 aromatic carbocycles. The standard InChI is InChI=1S/C16H13ClF2N2O3/c1-9(22)12-3-2-4-13-14(12)24-16(18,19)15(23)21(13)8-11-6-5-10(17)7-20-11/h2-7,9,22H,8H2,1H3. The van der Waals surface area contributed by atoms with Crippen molar-refractivity contribution in [2.24, 2.45) is 0 Å². The van der Waals surface area contributed by atoms with Crippen molar-refractivity contribution < 1.29 is 23.4 Å². The van der Waals surface area contributed by atoms with Gasteiger partial charge in [-0.1, -0.05) is 23.7 Å². The number of pyridine rings is 1. The first-order valence-corrected chi connectivity index (χ1v) is 7.47. The molecule has 0 aliphatic carbocycles. The lowest BCUT2D eigenvalue weighted by atomic mass is 10.1. The summed E-state index contributed by atoms with van der Waals surface area (Å²) in [5.74, 6) is -1.71. The molecule has 0 bridgehead atoms. The fourth-order valence-electron chi connectivity index (χ4n) is 2.45. The van der Waals surface area contributed by atoms with Gasteiger partial charge in [0.25, 0.3) is 0 Å². The summed E-state index contributed by atoms with van der Waals surface area (Å²) in [5, 5.41) is 10.2. The van der Waals surface area contributed by atoms with Crippen LogP contribution in [0.4, 0.5) is 14.5 Å². The van der Waals surface area contributed by atoms with E-state index in [1.54, 1.807) is 18.2 Å². The highest BCUT2D eigenvalue weighted by molar-refractivity contribution is 6.30. The molecule has 1 atom stereocenters. The molecule has 24 heavy (non-hydrogen) atoms. The number of para-hydroxylation sites is 1. The van der Waals surface area contributed by atoms with E-state index in [9.17, 15) is 18.7 Å². The van der Waals surface area contributed by atoms with E-state index in [0.717, 1.165) is 4.90 Å². The van der Waals surface area contributed by atoms with E-state index < -0.39 is 18.1 Å². The van der Waals surface area contributed by atoms with Crippen LogP contribution in [0.5, 0.6) is 5.75 Å². The molecule has 0 radical (unpaired) electrons. The first kappa shape index (κ1) is 16.6. The first-order valence-electron chi connectivity index (χ1n) is 7.10. The van der Waals surface area contributed by atoms with Crippen molar-refractivity contribution in [3.05, 3.63) is 52.8 Å². The van der Waals surface area contributed by atoms with Crippen LogP contribution < -0.4 is 9.64 Å². The van der Waals surface area contributed by atoms with Crippen molar-refractivity contribution in [2.75, 3.05) is 4.90 Å². The number of hydrogen-bond donors (Lipinski definition) is 1. The first-order chi connectivity index (χ1) is 11.3. The highest BCUT2D eigenvalue weighted by atomic mass is 35.5. The number of carbonyl (C=O) groups is 1. The van der Waals surface area contributed by atoms with Crippen molar-refractivity contribution in [2.45, 2.75) is 25.7 Å². The Morgan fingerprint density at radius 2 is 2.12 bits per heavy atom. The van der Waals surface area contributed by atoms with E-state index >= 15 is 0 Å². The maximum absolute atomic E-state index is 14.0. The van der Waals surface area contributed by atoms with Gasteiger partial charge < -0.3 is 9.84 Å². The predicted molar refractivity (Wildman–Crippen MR) is 83.1 cm³/mol. The van der Waals surface area contributed by atoms with Gasteiger partial charge in [-0.3, -0.25) is 14.7 Å². The van der Waals surface area contributed by atoms with Crippen LogP contribution in [0.25, 0.3) is 0 Å². The average molecular weight is 355 g/mol. The largest absolute Gasteiger partial charge is 0.483 e. The molecule has 0 saturated heterocycles. The number of ether oxygens (including phenoxy) is 1. The smallest absolute Gasteiger partial charge is 0.423 e. The number of alkyl halides is 2. The number of aliphatic hydroxyl groups excluding tert-OH is 1. The Hall–Kier alpha value is -2.25. The van der Waals surface area contributed by atoms with Crippen LogP contribution in [0.15, 0.2) is 36.5 Å². The fourth-order valence-corrected chi connectivity index (χ4v) is 2.56. The van der Waals surface area contributed by atoms with Crippen molar-refractivity contribution >= 4 is 23.2 Å². The van der Waals surface area contributed by atoms with Gasteiger partial charge >= 0.3 is 12.0 Å². The van der Waals surface area contributed by atoms with Crippen LogP contribution in [-0.4, -0.2) is 22.1 Å². The highest BCUT2D eigenvalue weighted by Crippen LogP contribution is 2.44. The number of aliphatic hydroxyl groups is 1. The van der Waals surface area contributed by atoms with Crippen molar-refractivity contribution in [1.82, 2.24) is 4.98 Å². The molecule has 1 aliphatic rings. The summed E-state index contributed by atoms with van der Waals surface area (Å²) in [7, 11) is 0. The second-order valence-electron chi connectivity index (χ2n) is 5.35. The Kier molecular flexibility index (Phi) is 4.15. The van der Waals surface area contributed by atoms with Crippen LogP contribution in [0.1, 0.15) is 24.3 Å². The fraction of sp³-hybridized carbons (Fsp3) is 0.250. The monoisotopic (exact) mass is 354 g/mol. The number of halogens is 3. The van der Waals surface area contributed by atoms with Crippen LogP contribution in [-0.2, 0) is 11.3 Å². The van der Waals surface area contributed by atoms with Gasteiger partial charge in [0.15, 0.2) is 5.75 Å². The summed E-state index contributed by atoms with van der Waals surface area (Å²) in [4.78, 5) is 17.0. The zero-order valence-electron chi connectivity index (χ0n) is 12.5. The molecule has 1 aromatic heterocycles. The van der Waals surface area contributed by atoms with Gasteiger partial charge in [-0.05, 0) is 25.1 Å². The normalized spacial score (nSPS) is 17.2. The topological polar surface area (TPSA) is 62.7 Å². The molecule has 2 aromatic rings. The second kappa shape index (κ2) is 5.99. The number of amides is 1. The quantitative estimate of drug-likeness (QED) is 0.918. The second-order valence-corrected chi connectivity index (χ2v) is 5.79. The minimum atomic E-state index is -4.02. The van der Waals surface area contributed by atoms with Crippen LogP contribution >= 0.6 is 11.6 Å². The van der Waals surface area contributed by atoms with Gasteiger partial charge in [-0.2, -0.15) is 8.78 Å². The molecular formula is C16H13ClF2N2O3. The summed E-state index contributed by atoms with van der Waals surface area (Å²) in [6.45, 7) is 1.25. The van der Waals surface area contributed by atoms with Gasteiger partial charge in [0.2, 0.25) is 0 Å². The van der Waals surface area contributed by atoms with Crippen LogP contribution in [0.2, 0.25) is 5.02 Å². The summed E-state index contributed by atoms with van der Waals surface area (Å²) >= 11 is 5.75. The number of carbonyl (C=O) groups excluding carboxylic acids is 1. The number of hydrogen-bond acceptors (Lipinski definition) is 4. The average Bonchev–Trinajstić information content (AvgIpc) is 2.52. The van der Waals surface area contributed by atoms with Crippen molar-refractivity contribution in [1.29, 1.82) is 0 Å². The van der Waals surface area contributed by atoms with Gasteiger partial charge in [0, 0.05) is 11.8 Å². The van der Waals surface area contributed by atoms with Crippen LogP contribution in [0.3, 0.4) is 0 Å². The molecule has 0 saturated carbocycles. The van der Waals surface area contributed by atoms with E-state index in [4.69, 9.17) is 11.6 Å². The number of aromatic nitrogens is 1. The third-order valence-corrected chi connectivity index (χ3v) is 3.82. The third-order valence-electron chi connectivity index (χ3n) is 3.60. The van der Waals surface area contributed by atoms with Crippen molar-refractivity contribution in [3.8, 4) is 5.75 Å². The van der Waals surface area contributed by atoms with Crippen molar-refractivity contribution in [3.63, 3.8) is 0 Å². The van der Waals surface area contributed by atoms with Crippen LogP contribution in [0, 0.1) is 0 Å². The number of benzene rings is 1. The molecule has 3 rings (SSSR count). The molecule has 2 heterocycles. The Bertz CT molecular complexity index is 781. The number of fused-ring (bicyclic) bond motifs is 1. The minimum absolute atomic E-state index is 0.154. The molecular weight excluding hydrogens is 342 g/mol. The van der Waals surface area contributed by atoms with E-state index in [1.807, 2.05) is 0 Å². The molecule has 5 nitrogen and oxygen atoms in total. The van der Waals surface area contributed by atoms with Gasteiger partial charge in [0.05, 0.1) is 29.1 Å². The number of anilines is 1. The summed E-state index contributed by atoms with van der Waals surface area (Å²) in [5.41, 5.74) is 0.716. The maximum atomic E-state index is 14.0. The minimum Gasteiger partial charge on any atom is -0.423 e. The summed E-state index contributed by atoms with van der Waals surface area (Å²) in [6.07, 6.45) is -3.68. The van der Waals surface area contributed by atoms with E-state index in [1.165, 1.54) is 25.3 Å². The lowest BCUT2D eigenvalue weighted by molar-refractivity contribution is -0.193. The van der Waals surface area contributed by atoms with E-state index in [0.29, 0.717) is 10.7 Å². The zero-order valence-corrected chi connectivity index (χ0v) is 13.3. The summed E-state index contributed by atoms with van der Waals surface area (Å²) in [6, 6.07) is 7.60. The maximum Gasteiger partial charge on any atom is 0.483 e. The SMILES string of the molecule is CC(O)c1cccc2c1OC(F)(F)C(=O)N2Cc1ccc(Cl)cn1. The molecule has 1 N–H and O–H groups in total. The highest BCUT2D eigenvalue weighted by Gasteiger charge is 2.51. The third kappa shape index (κ3) is 2.92. The summed E-state index contributed by atoms with van der Waals surface area (Å²) < 4.78 is 32.6. The Balaban J connectivity index is 2.07. The number of rotatable bonds is 3. The Morgan fingerprint density at radius 1 is 1.38 bits per heavy atom. The molecule has 1 unspecified atom stereocenters. The Labute approximate surface area is 141 Å². The zero-order chi connectivity index (χ0) is 17.5. The molecule has 1 aliphatic heterocycles. The molecule has 1 amide bonds. The Morgan fingerprint density at radius 3 is 2.75 bits per heavy atom. The van der Waals surface area contributed by atoms with Gasteiger partial charge in [-0.15, -0.1) is 0 Å². The molecule has 8 heteroatoms. The predicted octanol–water partition coefficient (Wildman–Crippen LogP) is 3.31. The molecule has 0 fully saturated rings. The van der Waals surface area contributed by atoms with Gasteiger partial charge in [0.1, 0.15) is 0 Å². The lowest BCUT2D eigenvalue weighted by Crippen LogP contribution is -2.50. The lowest BCUT2D eigenvalue weighted by Gasteiger charge is -2.34. The van der Waals surface area contributed by atoms with E-state index in [2.05, 4.69) is 9.72 Å². The number of nitrogens with zero attached hydrogens (tertiary/aromatic N) is 2. The molecule has 0 spiro atoms.